The molecule has 198 valence electrons. The summed E-state index contributed by atoms with van der Waals surface area (Å²) in [5.41, 5.74) is 10.4. The molecule has 0 amide bonds. The fourth-order valence-electron chi connectivity index (χ4n) is 4.75. The third-order valence-corrected chi connectivity index (χ3v) is 7.15. The monoisotopic (exact) mass is 561 g/mol. The molecule has 40 heavy (non-hydrogen) atoms. The van der Waals surface area contributed by atoms with Gasteiger partial charge in [-0.05, 0) is 74.2 Å². The van der Waals surface area contributed by atoms with Crippen LogP contribution in [0.1, 0.15) is 44.8 Å². The Hall–Kier alpha value is -4.05. The van der Waals surface area contributed by atoms with Crippen LogP contribution in [0.4, 0.5) is 11.4 Å². The molecule has 0 N–H and O–H groups in total. The number of hydrogen-bond acceptors (Lipinski definition) is 3. The Morgan fingerprint density at radius 3 is 1.30 bits per heavy atom. The molecule has 4 aromatic carbocycles. The van der Waals surface area contributed by atoms with Gasteiger partial charge in [-0.1, -0.05) is 102 Å². The molecule has 0 aliphatic rings. The minimum atomic E-state index is 0.609. The van der Waals surface area contributed by atoms with Gasteiger partial charge in [0.15, 0.2) is 0 Å². The maximum Gasteiger partial charge on any atom is 0.0966 e. The number of hydrogen-bond donors (Lipinski definition) is 0. The van der Waals surface area contributed by atoms with E-state index in [1.165, 1.54) is 0 Å². The predicted molar refractivity (Wildman–Crippen MR) is 170 cm³/mol. The molecule has 3 nitrogen and oxygen atoms in total. The van der Waals surface area contributed by atoms with Crippen LogP contribution >= 0.6 is 23.2 Å². The van der Waals surface area contributed by atoms with Crippen LogP contribution < -0.4 is 0 Å². The van der Waals surface area contributed by atoms with Crippen molar-refractivity contribution in [1.82, 2.24) is 4.98 Å². The SMILES string of the molecule is Cc1cc(C)c(/N=C(\c2ccccc2)c2cccc(/C(=N/c3c(C)cc(C)cc3Cl)c3ccccc3)n2)c(Cl)c1. The molecule has 1 heterocycles. The molecule has 0 bridgehead atoms. The summed E-state index contributed by atoms with van der Waals surface area (Å²) in [4.78, 5) is 15.3. The van der Waals surface area contributed by atoms with E-state index in [1.54, 1.807) is 0 Å². The summed E-state index contributed by atoms with van der Waals surface area (Å²) in [5, 5.41) is 1.22. The molecule has 0 fully saturated rings. The highest BCUT2D eigenvalue weighted by molar-refractivity contribution is 6.34. The van der Waals surface area contributed by atoms with E-state index in [2.05, 4.69) is 12.1 Å². The standard InChI is InChI=1S/C35H29Cl2N3/c1-22-18-24(3)32(28(36)20-22)39-34(26-12-7-5-8-13-26)30-16-11-17-31(38-30)35(27-14-9-6-10-15-27)40-33-25(4)19-23(2)21-29(33)37/h5-21H,1-4H3/b39-34+,40-35+. The smallest absolute Gasteiger partial charge is 0.0966 e. The van der Waals surface area contributed by atoms with Crippen LogP contribution in [-0.2, 0) is 0 Å². The summed E-state index contributed by atoms with van der Waals surface area (Å²) in [5.74, 6) is 0. The van der Waals surface area contributed by atoms with Crippen LogP contribution in [0.25, 0.3) is 0 Å². The zero-order valence-corrected chi connectivity index (χ0v) is 24.4. The van der Waals surface area contributed by atoms with Gasteiger partial charge < -0.3 is 0 Å². The van der Waals surface area contributed by atoms with Crippen molar-refractivity contribution in [2.24, 2.45) is 9.98 Å². The maximum atomic E-state index is 6.69. The molecule has 5 aromatic rings. The number of nitrogens with zero attached hydrogens (tertiary/aromatic N) is 3. The van der Waals surface area contributed by atoms with Gasteiger partial charge in [-0.2, -0.15) is 0 Å². The molecular formula is C35H29Cl2N3. The highest BCUT2D eigenvalue weighted by atomic mass is 35.5. The predicted octanol–water partition coefficient (Wildman–Crippen LogP) is 9.96. The van der Waals surface area contributed by atoms with Gasteiger partial charge in [-0.15, -0.1) is 0 Å². The minimum absolute atomic E-state index is 0.609. The van der Waals surface area contributed by atoms with Crippen LogP contribution in [0.3, 0.4) is 0 Å². The highest BCUT2D eigenvalue weighted by Crippen LogP contribution is 2.33. The first kappa shape index (κ1) is 27.5. The lowest BCUT2D eigenvalue weighted by Gasteiger charge is -2.13. The molecule has 0 aliphatic heterocycles. The Labute approximate surface area is 245 Å². The summed E-state index contributed by atoms with van der Waals surface area (Å²) < 4.78 is 0. The number of aromatic nitrogens is 1. The lowest BCUT2D eigenvalue weighted by molar-refractivity contribution is 1.24. The minimum Gasteiger partial charge on any atom is -0.244 e. The van der Waals surface area contributed by atoms with Gasteiger partial charge in [0.05, 0.1) is 44.2 Å². The number of benzene rings is 4. The molecule has 0 aliphatic carbocycles. The molecule has 0 saturated heterocycles. The second kappa shape index (κ2) is 12.0. The van der Waals surface area contributed by atoms with E-state index in [0.717, 1.165) is 67.6 Å². The van der Waals surface area contributed by atoms with Crippen LogP contribution in [0.5, 0.6) is 0 Å². The van der Waals surface area contributed by atoms with E-state index in [9.17, 15) is 0 Å². The van der Waals surface area contributed by atoms with Crippen LogP contribution in [-0.4, -0.2) is 16.4 Å². The van der Waals surface area contributed by atoms with Gasteiger partial charge in [-0.25, -0.2) is 15.0 Å². The summed E-state index contributed by atoms with van der Waals surface area (Å²) in [7, 11) is 0. The van der Waals surface area contributed by atoms with E-state index in [0.29, 0.717) is 10.0 Å². The van der Waals surface area contributed by atoms with Gasteiger partial charge in [0.1, 0.15) is 0 Å². The average Bonchev–Trinajstić information content (AvgIpc) is 2.93. The van der Waals surface area contributed by atoms with Crippen molar-refractivity contribution in [3.63, 3.8) is 0 Å². The van der Waals surface area contributed by atoms with Gasteiger partial charge in [0, 0.05) is 11.1 Å². The van der Waals surface area contributed by atoms with Crippen LogP contribution in [0.2, 0.25) is 10.0 Å². The van der Waals surface area contributed by atoms with Crippen molar-refractivity contribution in [3.8, 4) is 0 Å². The fraction of sp³-hybridized carbons (Fsp3) is 0.114. The fourth-order valence-corrected chi connectivity index (χ4v) is 5.48. The lowest BCUT2D eigenvalue weighted by Crippen LogP contribution is -2.12. The second-order valence-corrected chi connectivity index (χ2v) is 10.7. The molecule has 0 unspecified atom stereocenters. The lowest BCUT2D eigenvalue weighted by atomic mass is 10.0. The van der Waals surface area contributed by atoms with Gasteiger partial charge in [-0.3, -0.25) is 0 Å². The van der Waals surface area contributed by atoms with Crippen molar-refractivity contribution in [2.75, 3.05) is 0 Å². The van der Waals surface area contributed by atoms with Gasteiger partial charge >= 0.3 is 0 Å². The van der Waals surface area contributed by atoms with Gasteiger partial charge in [0.2, 0.25) is 0 Å². The molecule has 0 atom stereocenters. The Balaban J connectivity index is 1.72. The van der Waals surface area contributed by atoms with E-state index in [4.69, 9.17) is 38.2 Å². The number of pyridine rings is 1. The first-order valence-electron chi connectivity index (χ1n) is 13.1. The van der Waals surface area contributed by atoms with Crippen LogP contribution in [0, 0.1) is 27.7 Å². The quantitative estimate of drug-likeness (QED) is 0.190. The molecule has 0 saturated carbocycles. The Kier molecular flexibility index (Phi) is 8.25. The summed E-state index contributed by atoms with van der Waals surface area (Å²) >= 11 is 13.4. The normalized spacial score (nSPS) is 12.1. The zero-order chi connectivity index (χ0) is 28.2. The van der Waals surface area contributed by atoms with E-state index in [1.807, 2.05) is 119 Å². The Bertz CT molecular complexity index is 1570. The topological polar surface area (TPSA) is 37.6 Å². The first-order chi connectivity index (χ1) is 19.3. The Morgan fingerprint density at radius 1 is 0.525 bits per heavy atom. The van der Waals surface area contributed by atoms with Crippen LogP contribution in [0.15, 0.2) is 113 Å². The van der Waals surface area contributed by atoms with Crippen molar-refractivity contribution in [2.45, 2.75) is 27.7 Å². The largest absolute Gasteiger partial charge is 0.244 e. The van der Waals surface area contributed by atoms with Crippen molar-refractivity contribution < 1.29 is 0 Å². The first-order valence-corrected chi connectivity index (χ1v) is 13.9. The van der Waals surface area contributed by atoms with E-state index < -0.39 is 0 Å². The maximum absolute atomic E-state index is 6.69. The number of rotatable bonds is 6. The molecule has 5 heteroatoms. The molecular weight excluding hydrogens is 533 g/mol. The van der Waals surface area contributed by atoms with E-state index >= 15 is 0 Å². The summed E-state index contributed by atoms with van der Waals surface area (Å²) in [6.07, 6.45) is 0. The van der Waals surface area contributed by atoms with Gasteiger partial charge in [0.25, 0.3) is 0 Å². The Morgan fingerprint density at radius 2 is 0.925 bits per heavy atom. The molecule has 5 rings (SSSR count). The number of aliphatic imine (C=N–C) groups is 2. The molecule has 1 aromatic heterocycles. The van der Waals surface area contributed by atoms with Crippen molar-refractivity contribution in [3.05, 3.63) is 158 Å². The number of aryl methyl sites for hydroxylation is 4. The third kappa shape index (κ3) is 6.07. The van der Waals surface area contributed by atoms with E-state index in [-0.39, 0.29) is 0 Å². The number of halogens is 2. The summed E-state index contributed by atoms with van der Waals surface area (Å²) in [6, 6.07) is 34.1. The summed E-state index contributed by atoms with van der Waals surface area (Å²) in [6.45, 7) is 8.11. The van der Waals surface area contributed by atoms with Crippen molar-refractivity contribution >= 4 is 46.0 Å². The highest BCUT2D eigenvalue weighted by Gasteiger charge is 2.16. The average molecular weight is 563 g/mol. The third-order valence-electron chi connectivity index (χ3n) is 6.57. The zero-order valence-electron chi connectivity index (χ0n) is 22.9. The molecule has 0 radical (unpaired) electrons. The second-order valence-electron chi connectivity index (χ2n) is 9.89. The van der Waals surface area contributed by atoms with Crippen molar-refractivity contribution in [1.29, 1.82) is 0 Å². The molecule has 0 spiro atoms.